The van der Waals surface area contributed by atoms with Gasteiger partial charge in [-0.05, 0) is 35.4 Å². The van der Waals surface area contributed by atoms with Crippen molar-refractivity contribution < 1.29 is 23.0 Å². The first kappa shape index (κ1) is 19.1. The average Bonchev–Trinajstić information content (AvgIpc) is 3.20. The number of carbonyl (C=O) groups excluding carboxylic acids is 1. The van der Waals surface area contributed by atoms with E-state index in [-0.39, 0.29) is 24.1 Å². The molecule has 0 atom stereocenters. The number of hydrazine groups is 1. The summed E-state index contributed by atoms with van der Waals surface area (Å²) in [6.45, 7) is -1.11. The lowest BCUT2D eigenvalue weighted by atomic mass is 9.97. The summed E-state index contributed by atoms with van der Waals surface area (Å²) < 4.78 is 34.4. The minimum Gasteiger partial charge on any atom is -0.496 e. The Kier molecular flexibility index (Phi) is 6.20. The number of methoxy groups -OCH3 is 1. The molecule has 3 rings (SSSR count). The Morgan fingerprint density at radius 1 is 1.22 bits per heavy atom. The van der Waals surface area contributed by atoms with Crippen LogP contribution in [0, 0.1) is 0 Å². The smallest absolute Gasteiger partial charge is 0.387 e. The van der Waals surface area contributed by atoms with Gasteiger partial charge in [-0.3, -0.25) is 15.6 Å². The topological polar surface area (TPSA) is 71.6 Å². The van der Waals surface area contributed by atoms with Crippen LogP contribution in [-0.2, 0) is 6.54 Å². The highest BCUT2D eigenvalue weighted by atomic mass is 19.3. The number of nitrogens with one attached hydrogen (secondary N) is 3. The summed E-state index contributed by atoms with van der Waals surface area (Å²) in [7, 11) is 1.57. The summed E-state index contributed by atoms with van der Waals surface area (Å²) in [6, 6.07) is 11.6. The molecule has 1 amide bonds. The maximum Gasteiger partial charge on any atom is 0.387 e. The van der Waals surface area contributed by atoms with Crippen molar-refractivity contribution in [2.24, 2.45) is 0 Å². The van der Waals surface area contributed by atoms with E-state index in [1.165, 1.54) is 12.1 Å². The van der Waals surface area contributed by atoms with Crippen LogP contribution in [0.1, 0.15) is 27.4 Å². The first-order chi connectivity index (χ1) is 13.1. The van der Waals surface area contributed by atoms with E-state index < -0.39 is 6.61 Å². The monoisotopic (exact) mass is 377 g/mol. The van der Waals surface area contributed by atoms with Crippen molar-refractivity contribution in [3.63, 3.8) is 0 Å². The van der Waals surface area contributed by atoms with Crippen molar-refractivity contribution in [3.05, 3.63) is 59.2 Å². The molecule has 6 nitrogen and oxygen atoms in total. The zero-order chi connectivity index (χ0) is 19.2. The molecule has 27 heavy (non-hydrogen) atoms. The molecule has 0 bridgehead atoms. The molecule has 1 fully saturated rings. The molecule has 3 N–H and O–H groups in total. The molecule has 0 saturated carbocycles. The molecule has 0 unspecified atom stereocenters. The highest BCUT2D eigenvalue weighted by Crippen LogP contribution is 2.28. The van der Waals surface area contributed by atoms with E-state index in [9.17, 15) is 13.6 Å². The van der Waals surface area contributed by atoms with Crippen LogP contribution in [0.4, 0.5) is 8.78 Å². The van der Waals surface area contributed by atoms with E-state index in [0.717, 1.165) is 18.7 Å². The summed E-state index contributed by atoms with van der Waals surface area (Å²) in [5, 5.41) is 2.77. The maximum atomic E-state index is 12.4. The molecule has 1 saturated heterocycles. The van der Waals surface area contributed by atoms with Crippen molar-refractivity contribution in [2.75, 3.05) is 20.2 Å². The molecule has 0 aliphatic carbocycles. The van der Waals surface area contributed by atoms with Crippen molar-refractivity contribution in [1.29, 1.82) is 0 Å². The first-order valence-electron chi connectivity index (χ1n) is 8.52. The Morgan fingerprint density at radius 2 is 2.00 bits per heavy atom. The standard InChI is InChI=1S/C19H21F2N3O3/c1-26-17-8-13(5-6-16(17)14-10-23-24-11-14)18(25)22-9-12-3-2-4-15(7-12)27-19(20)21/h2-8,14,19,23-24H,9-11H2,1H3,(H,22,25). The predicted molar refractivity (Wildman–Crippen MR) is 96.0 cm³/mol. The normalized spacial score (nSPS) is 14.4. The van der Waals surface area contributed by atoms with Crippen LogP contribution in [0.3, 0.4) is 0 Å². The maximum absolute atomic E-state index is 12.4. The first-order valence-corrected chi connectivity index (χ1v) is 8.52. The minimum absolute atomic E-state index is 0.0570. The second kappa shape index (κ2) is 8.79. The molecule has 1 aliphatic rings. The Balaban J connectivity index is 1.65. The molecular formula is C19H21F2N3O3. The van der Waals surface area contributed by atoms with Gasteiger partial charge in [0, 0.05) is 31.1 Å². The largest absolute Gasteiger partial charge is 0.496 e. The second-order valence-electron chi connectivity index (χ2n) is 6.12. The van der Waals surface area contributed by atoms with Gasteiger partial charge >= 0.3 is 6.61 Å². The third-order valence-corrected chi connectivity index (χ3v) is 4.33. The number of hydrogen-bond acceptors (Lipinski definition) is 5. The third-order valence-electron chi connectivity index (χ3n) is 4.33. The van der Waals surface area contributed by atoms with Gasteiger partial charge in [0.1, 0.15) is 11.5 Å². The zero-order valence-electron chi connectivity index (χ0n) is 14.8. The van der Waals surface area contributed by atoms with Crippen molar-refractivity contribution in [2.45, 2.75) is 19.1 Å². The molecular weight excluding hydrogens is 356 g/mol. The van der Waals surface area contributed by atoms with Gasteiger partial charge < -0.3 is 14.8 Å². The number of benzene rings is 2. The third kappa shape index (κ3) is 4.93. The predicted octanol–water partition coefficient (Wildman–Crippen LogP) is 2.42. The molecule has 2 aromatic carbocycles. The van der Waals surface area contributed by atoms with Gasteiger partial charge in [0.2, 0.25) is 0 Å². The van der Waals surface area contributed by atoms with E-state index in [4.69, 9.17) is 4.74 Å². The lowest BCUT2D eigenvalue weighted by molar-refractivity contribution is -0.0498. The quantitative estimate of drug-likeness (QED) is 0.691. The summed E-state index contributed by atoms with van der Waals surface area (Å²) in [5.74, 6) is 0.712. The van der Waals surface area contributed by atoms with Gasteiger partial charge in [-0.2, -0.15) is 8.78 Å². The van der Waals surface area contributed by atoms with Gasteiger partial charge in [0.15, 0.2) is 0 Å². The van der Waals surface area contributed by atoms with Crippen molar-refractivity contribution in [1.82, 2.24) is 16.2 Å². The van der Waals surface area contributed by atoms with Gasteiger partial charge in [0.05, 0.1) is 7.11 Å². The molecule has 144 valence electrons. The number of ether oxygens (including phenoxy) is 2. The molecule has 1 heterocycles. The molecule has 1 aliphatic heterocycles. The number of rotatable bonds is 7. The Hall–Kier alpha value is -2.71. The lowest BCUT2D eigenvalue weighted by Gasteiger charge is -2.15. The van der Waals surface area contributed by atoms with Gasteiger partial charge in [0.25, 0.3) is 5.91 Å². The van der Waals surface area contributed by atoms with Crippen molar-refractivity contribution in [3.8, 4) is 11.5 Å². The molecule has 0 spiro atoms. The highest BCUT2D eigenvalue weighted by molar-refractivity contribution is 5.94. The summed E-state index contributed by atoms with van der Waals surface area (Å²) in [5.41, 5.74) is 8.30. The molecule has 0 aromatic heterocycles. The van der Waals surface area contributed by atoms with Gasteiger partial charge in [-0.15, -0.1) is 0 Å². The Bertz CT molecular complexity index is 796. The van der Waals surface area contributed by atoms with Crippen LogP contribution >= 0.6 is 0 Å². The van der Waals surface area contributed by atoms with Crippen LogP contribution in [0.25, 0.3) is 0 Å². The fraction of sp³-hybridized carbons (Fsp3) is 0.316. The van der Waals surface area contributed by atoms with Crippen LogP contribution in [0.15, 0.2) is 42.5 Å². The average molecular weight is 377 g/mol. The van der Waals surface area contributed by atoms with Crippen molar-refractivity contribution >= 4 is 5.91 Å². The fourth-order valence-electron chi connectivity index (χ4n) is 2.99. The minimum atomic E-state index is -2.88. The van der Waals surface area contributed by atoms with E-state index >= 15 is 0 Å². The van der Waals surface area contributed by atoms with Crippen LogP contribution in [-0.4, -0.2) is 32.7 Å². The number of hydrogen-bond donors (Lipinski definition) is 3. The van der Waals surface area contributed by atoms with Crippen LogP contribution in [0.2, 0.25) is 0 Å². The van der Waals surface area contributed by atoms with Gasteiger partial charge in [-0.25, -0.2) is 0 Å². The summed E-state index contributed by atoms with van der Waals surface area (Å²) in [6.07, 6.45) is 0. The van der Waals surface area contributed by atoms with E-state index in [0.29, 0.717) is 16.9 Å². The Labute approximate surface area is 155 Å². The molecule has 2 aromatic rings. The summed E-state index contributed by atoms with van der Waals surface area (Å²) >= 11 is 0. The zero-order valence-corrected chi connectivity index (χ0v) is 14.8. The lowest BCUT2D eigenvalue weighted by Crippen LogP contribution is -2.23. The second-order valence-corrected chi connectivity index (χ2v) is 6.12. The van der Waals surface area contributed by atoms with Crippen LogP contribution in [0.5, 0.6) is 11.5 Å². The van der Waals surface area contributed by atoms with Gasteiger partial charge in [-0.1, -0.05) is 18.2 Å². The number of carbonyl (C=O) groups is 1. The molecule has 0 radical (unpaired) electrons. The number of halogens is 2. The van der Waals surface area contributed by atoms with E-state index in [2.05, 4.69) is 20.9 Å². The molecule has 8 heteroatoms. The Morgan fingerprint density at radius 3 is 2.70 bits per heavy atom. The van der Waals surface area contributed by atoms with E-state index in [1.807, 2.05) is 6.07 Å². The summed E-state index contributed by atoms with van der Waals surface area (Å²) in [4.78, 5) is 12.4. The SMILES string of the molecule is COc1cc(C(=O)NCc2cccc(OC(F)F)c2)ccc1C1CNNC1. The fourth-order valence-corrected chi connectivity index (χ4v) is 2.99. The van der Waals surface area contributed by atoms with E-state index in [1.54, 1.807) is 31.4 Å². The van der Waals surface area contributed by atoms with Crippen LogP contribution < -0.4 is 25.6 Å². The highest BCUT2D eigenvalue weighted by Gasteiger charge is 2.21. The number of alkyl halides is 2. The number of amides is 1.